The molecule has 0 fully saturated rings. The molecule has 0 bridgehead atoms. The molecular weight excluding hydrogens is 162 g/mol. The van der Waals surface area contributed by atoms with E-state index in [4.69, 9.17) is 11.2 Å². The van der Waals surface area contributed by atoms with Crippen molar-refractivity contribution in [2.45, 2.75) is 0 Å². The van der Waals surface area contributed by atoms with Crippen molar-refractivity contribution in [1.82, 2.24) is 0 Å². The molecule has 0 saturated heterocycles. The van der Waals surface area contributed by atoms with E-state index in [1.54, 1.807) is 0 Å². The van der Waals surface area contributed by atoms with Gasteiger partial charge in [0.25, 0.3) is 0 Å². The standard InChI is InChI=1S/C11H11NO/c1-2-7-12-8-9-13-11-6-4-3-5-10(11)12/h1,3-6H,7-9H2. The lowest BCUT2D eigenvalue weighted by Crippen LogP contribution is -2.32. The maximum Gasteiger partial charge on any atom is 0.142 e. The van der Waals surface area contributed by atoms with Crippen molar-refractivity contribution < 1.29 is 4.74 Å². The normalized spacial score (nSPS) is 14.2. The SMILES string of the molecule is C#CCN1CCOc2ccccc21. The zero-order valence-corrected chi connectivity index (χ0v) is 7.36. The highest BCUT2D eigenvalue weighted by molar-refractivity contribution is 5.60. The number of ether oxygens (including phenoxy) is 1. The van der Waals surface area contributed by atoms with Crippen molar-refractivity contribution in [2.75, 3.05) is 24.6 Å². The van der Waals surface area contributed by atoms with E-state index in [-0.39, 0.29) is 0 Å². The first-order chi connectivity index (χ1) is 6.42. The number of hydrogen-bond acceptors (Lipinski definition) is 2. The monoisotopic (exact) mass is 173 g/mol. The number of fused-ring (bicyclic) bond motifs is 1. The first-order valence-corrected chi connectivity index (χ1v) is 4.32. The Kier molecular flexibility index (Phi) is 2.09. The van der Waals surface area contributed by atoms with Crippen LogP contribution in [-0.2, 0) is 0 Å². The first-order valence-electron chi connectivity index (χ1n) is 4.32. The summed E-state index contributed by atoms with van der Waals surface area (Å²) >= 11 is 0. The molecule has 0 N–H and O–H groups in total. The van der Waals surface area contributed by atoms with Crippen LogP contribution in [0.15, 0.2) is 24.3 Å². The Balaban J connectivity index is 2.32. The fraction of sp³-hybridized carbons (Fsp3) is 0.273. The molecule has 0 atom stereocenters. The van der Waals surface area contributed by atoms with Gasteiger partial charge < -0.3 is 9.64 Å². The maximum absolute atomic E-state index is 5.49. The second-order valence-corrected chi connectivity index (χ2v) is 2.94. The highest BCUT2D eigenvalue weighted by Crippen LogP contribution is 2.30. The van der Waals surface area contributed by atoms with E-state index >= 15 is 0 Å². The fourth-order valence-corrected chi connectivity index (χ4v) is 1.50. The Morgan fingerprint density at radius 2 is 2.31 bits per heavy atom. The number of rotatable bonds is 1. The number of hydrogen-bond donors (Lipinski definition) is 0. The summed E-state index contributed by atoms with van der Waals surface area (Å²) in [5.74, 6) is 3.58. The van der Waals surface area contributed by atoms with Gasteiger partial charge >= 0.3 is 0 Å². The Hall–Kier alpha value is -1.62. The molecule has 2 heteroatoms. The van der Waals surface area contributed by atoms with Gasteiger partial charge in [0.2, 0.25) is 0 Å². The highest BCUT2D eigenvalue weighted by atomic mass is 16.5. The van der Waals surface area contributed by atoms with Crippen molar-refractivity contribution in [1.29, 1.82) is 0 Å². The summed E-state index contributed by atoms with van der Waals surface area (Å²) in [7, 11) is 0. The summed E-state index contributed by atoms with van der Waals surface area (Å²) in [6.45, 7) is 2.25. The van der Waals surface area contributed by atoms with Crippen molar-refractivity contribution in [3.05, 3.63) is 24.3 Å². The van der Waals surface area contributed by atoms with Crippen LogP contribution >= 0.6 is 0 Å². The summed E-state index contributed by atoms with van der Waals surface area (Å²) in [6.07, 6.45) is 5.28. The summed E-state index contributed by atoms with van der Waals surface area (Å²) in [5.41, 5.74) is 1.10. The summed E-state index contributed by atoms with van der Waals surface area (Å²) < 4.78 is 5.49. The Labute approximate surface area is 78.1 Å². The van der Waals surface area contributed by atoms with Gasteiger partial charge in [0.15, 0.2) is 0 Å². The molecule has 0 unspecified atom stereocenters. The zero-order valence-electron chi connectivity index (χ0n) is 7.36. The Morgan fingerprint density at radius 3 is 3.15 bits per heavy atom. The molecule has 0 amide bonds. The largest absolute Gasteiger partial charge is 0.490 e. The number of benzene rings is 1. The molecule has 0 saturated carbocycles. The molecule has 0 radical (unpaired) electrons. The van der Waals surface area contributed by atoms with Crippen LogP contribution in [0.4, 0.5) is 5.69 Å². The number of anilines is 1. The lowest BCUT2D eigenvalue weighted by molar-refractivity contribution is 0.310. The predicted octanol–water partition coefficient (Wildman–Crippen LogP) is 1.52. The van der Waals surface area contributed by atoms with Gasteiger partial charge in [-0.1, -0.05) is 18.1 Å². The highest BCUT2D eigenvalue weighted by Gasteiger charge is 2.15. The molecule has 2 nitrogen and oxygen atoms in total. The van der Waals surface area contributed by atoms with E-state index in [9.17, 15) is 0 Å². The van der Waals surface area contributed by atoms with Gasteiger partial charge in [0.05, 0.1) is 18.8 Å². The molecule has 66 valence electrons. The minimum Gasteiger partial charge on any atom is -0.490 e. The Morgan fingerprint density at radius 1 is 1.46 bits per heavy atom. The van der Waals surface area contributed by atoms with E-state index in [2.05, 4.69) is 10.8 Å². The topological polar surface area (TPSA) is 12.5 Å². The average molecular weight is 173 g/mol. The van der Waals surface area contributed by atoms with Crippen LogP contribution in [0.2, 0.25) is 0 Å². The van der Waals surface area contributed by atoms with Crippen LogP contribution in [0.5, 0.6) is 5.75 Å². The molecule has 0 aliphatic carbocycles. The number of nitrogens with zero attached hydrogens (tertiary/aromatic N) is 1. The zero-order chi connectivity index (χ0) is 9.10. The molecule has 1 aromatic carbocycles. The minimum absolute atomic E-state index is 0.653. The van der Waals surface area contributed by atoms with Crippen molar-refractivity contribution in [3.8, 4) is 18.1 Å². The molecule has 13 heavy (non-hydrogen) atoms. The van der Waals surface area contributed by atoms with Gasteiger partial charge in [-0.2, -0.15) is 0 Å². The lowest BCUT2D eigenvalue weighted by Gasteiger charge is -2.29. The van der Waals surface area contributed by atoms with Gasteiger partial charge in [0.1, 0.15) is 12.4 Å². The fourth-order valence-electron chi connectivity index (χ4n) is 1.50. The maximum atomic E-state index is 5.49. The van der Waals surface area contributed by atoms with Gasteiger partial charge in [-0.15, -0.1) is 6.42 Å². The van der Waals surface area contributed by atoms with E-state index in [0.29, 0.717) is 6.54 Å². The summed E-state index contributed by atoms with van der Waals surface area (Å²) in [4.78, 5) is 2.15. The third kappa shape index (κ3) is 1.46. The van der Waals surface area contributed by atoms with Crippen molar-refractivity contribution in [3.63, 3.8) is 0 Å². The smallest absolute Gasteiger partial charge is 0.142 e. The molecule has 2 rings (SSSR count). The van der Waals surface area contributed by atoms with Crippen LogP contribution in [0.1, 0.15) is 0 Å². The lowest BCUT2D eigenvalue weighted by atomic mass is 10.2. The third-order valence-corrected chi connectivity index (χ3v) is 2.11. The van der Waals surface area contributed by atoms with Crippen molar-refractivity contribution >= 4 is 5.69 Å². The minimum atomic E-state index is 0.653. The second-order valence-electron chi connectivity index (χ2n) is 2.94. The van der Waals surface area contributed by atoms with Gasteiger partial charge in [-0.05, 0) is 12.1 Å². The predicted molar refractivity (Wildman–Crippen MR) is 53.0 cm³/mol. The van der Waals surface area contributed by atoms with Crippen LogP contribution in [0, 0.1) is 12.3 Å². The van der Waals surface area contributed by atoms with Crippen molar-refractivity contribution in [2.24, 2.45) is 0 Å². The molecule has 0 spiro atoms. The van der Waals surface area contributed by atoms with Gasteiger partial charge in [-0.3, -0.25) is 0 Å². The molecule has 1 aliphatic heterocycles. The second kappa shape index (κ2) is 3.40. The molecule has 0 aromatic heterocycles. The molecule has 1 aromatic rings. The van der Waals surface area contributed by atoms with Gasteiger partial charge in [0, 0.05) is 0 Å². The Bertz CT molecular complexity index is 340. The van der Waals surface area contributed by atoms with E-state index in [1.165, 1.54) is 0 Å². The molecule has 1 aliphatic rings. The van der Waals surface area contributed by atoms with Crippen LogP contribution in [0.25, 0.3) is 0 Å². The third-order valence-electron chi connectivity index (χ3n) is 2.11. The summed E-state index contributed by atoms with van der Waals surface area (Å²) in [6, 6.07) is 7.97. The van der Waals surface area contributed by atoms with E-state index in [0.717, 1.165) is 24.6 Å². The van der Waals surface area contributed by atoms with E-state index in [1.807, 2.05) is 24.3 Å². The molecule has 1 heterocycles. The number of para-hydroxylation sites is 2. The number of terminal acetylenes is 1. The van der Waals surface area contributed by atoms with Crippen LogP contribution < -0.4 is 9.64 Å². The van der Waals surface area contributed by atoms with Gasteiger partial charge in [-0.25, -0.2) is 0 Å². The average Bonchev–Trinajstić information content (AvgIpc) is 2.19. The quantitative estimate of drug-likeness (QED) is 0.597. The van der Waals surface area contributed by atoms with Crippen LogP contribution in [0.3, 0.4) is 0 Å². The van der Waals surface area contributed by atoms with Crippen LogP contribution in [-0.4, -0.2) is 19.7 Å². The molecular formula is C11H11NO. The van der Waals surface area contributed by atoms with E-state index < -0.39 is 0 Å². The first kappa shape index (κ1) is 8.00. The summed E-state index contributed by atoms with van der Waals surface area (Å²) in [5, 5.41) is 0.